The Hall–Kier alpha value is -2.28. The summed E-state index contributed by atoms with van der Waals surface area (Å²) in [5.41, 5.74) is 1.57. The predicted molar refractivity (Wildman–Crippen MR) is 128 cm³/mol. The average molecular weight is 475 g/mol. The van der Waals surface area contributed by atoms with Gasteiger partial charge in [-0.2, -0.15) is 0 Å². The van der Waals surface area contributed by atoms with E-state index in [1.165, 1.54) is 0 Å². The first-order valence-electron chi connectivity index (χ1n) is 9.87. The van der Waals surface area contributed by atoms with Gasteiger partial charge >= 0.3 is 0 Å². The monoisotopic (exact) mass is 474 g/mol. The van der Waals surface area contributed by atoms with Crippen LogP contribution in [-0.2, 0) is 12.3 Å². The minimum atomic E-state index is -0.332. The number of benzene rings is 2. The molecule has 3 aromatic rings. The zero-order valence-electron chi connectivity index (χ0n) is 17.4. The zero-order chi connectivity index (χ0) is 22.4. The van der Waals surface area contributed by atoms with Crippen LogP contribution in [-0.4, -0.2) is 20.7 Å². The molecule has 0 aliphatic rings. The molecule has 0 aliphatic carbocycles. The van der Waals surface area contributed by atoms with Gasteiger partial charge in [-0.05, 0) is 35.7 Å². The van der Waals surface area contributed by atoms with E-state index in [0.717, 1.165) is 16.5 Å². The molecule has 3 rings (SSSR count). The second-order valence-corrected chi connectivity index (χ2v) is 9.12. The van der Waals surface area contributed by atoms with E-state index in [9.17, 15) is 4.79 Å². The highest BCUT2D eigenvalue weighted by Gasteiger charge is 2.26. The second kappa shape index (κ2) is 10.8. The highest BCUT2D eigenvalue weighted by atomic mass is 35.5. The lowest BCUT2D eigenvalue weighted by Crippen LogP contribution is -2.34. The average Bonchev–Trinajstić information content (AvgIpc) is 3.14. The fourth-order valence-electron chi connectivity index (χ4n) is 3.06. The molecular weight excluding hydrogens is 451 g/mol. The minimum absolute atomic E-state index is 0.0910. The van der Waals surface area contributed by atoms with Crippen LogP contribution in [0.2, 0.25) is 10.0 Å². The van der Waals surface area contributed by atoms with Crippen LogP contribution >= 0.6 is 35.0 Å². The summed E-state index contributed by atoms with van der Waals surface area (Å²) in [5, 5.41) is 13.8. The van der Waals surface area contributed by atoms with Crippen molar-refractivity contribution >= 4 is 40.9 Å². The first-order valence-corrected chi connectivity index (χ1v) is 11.6. The molecule has 0 radical (unpaired) electrons. The molecule has 1 N–H and O–H groups in total. The molecule has 162 valence electrons. The van der Waals surface area contributed by atoms with Crippen molar-refractivity contribution in [2.45, 2.75) is 37.3 Å². The van der Waals surface area contributed by atoms with E-state index in [1.807, 2.05) is 42.7 Å². The number of nitrogens with one attached hydrogen (secondary N) is 1. The van der Waals surface area contributed by atoms with E-state index in [2.05, 4.69) is 22.1 Å². The molecule has 0 unspecified atom stereocenters. The van der Waals surface area contributed by atoms with E-state index in [-0.39, 0.29) is 17.9 Å². The third kappa shape index (κ3) is 5.91. The van der Waals surface area contributed by atoms with Crippen molar-refractivity contribution in [2.75, 3.05) is 0 Å². The molecule has 8 heteroatoms. The van der Waals surface area contributed by atoms with Gasteiger partial charge in [0, 0.05) is 17.3 Å². The van der Waals surface area contributed by atoms with Crippen molar-refractivity contribution in [1.29, 1.82) is 0 Å². The largest absolute Gasteiger partial charge is 0.342 e. The normalized spacial score (nSPS) is 12.0. The van der Waals surface area contributed by atoms with Crippen LogP contribution in [0.5, 0.6) is 0 Å². The molecule has 1 aromatic heterocycles. The number of nitrogens with zero attached hydrogens (tertiary/aromatic N) is 3. The number of thioether (sulfide) groups is 1. The summed E-state index contributed by atoms with van der Waals surface area (Å²) in [4.78, 5) is 12.9. The van der Waals surface area contributed by atoms with Gasteiger partial charge in [-0.15, -0.1) is 16.8 Å². The Morgan fingerprint density at radius 2 is 1.87 bits per heavy atom. The van der Waals surface area contributed by atoms with Gasteiger partial charge in [-0.3, -0.25) is 4.79 Å². The Bertz CT molecular complexity index is 1050. The van der Waals surface area contributed by atoms with Gasteiger partial charge in [0.15, 0.2) is 11.0 Å². The van der Waals surface area contributed by atoms with Crippen molar-refractivity contribution < 1.29 is 4.79 Å². The number of carbonyl (C=O) groups is 1. The zero-order valence-corrected chi connectivity index (χ0v) is 19.7. The van der Waals surface area contributed by atoms with Gasteiger partial charge < -0.3 is 9.88 Å². The van der Waals surface area contributed by atoms with Crippen LogP contribution in [0.1, 0.15) is 41.6 Å². The van der Waals surface area contributed by atoms with Gasteiger partial charge in [-0.1, -0.05) is 79.2 Å². The summed E-state index contributed by atoms with van der Waals surface area (Å²) in [7, 11) is 0. The Morgan fingerprint density at radius 3 is 2.52 bits per heavy atom. The summed E-state index contributed by atoms with van der Waals surface area (Å²) in [6.07, 6.45) is 1.80. The number of rotatable bonds is 9. The Kier molecular flexibility index (Phi) is 8.18. The smallest absolute Gasteiger partial charge is 0.253 e. The van der Waals surface area contributed by atoms with Gasteiger partial charge in [0.05, 0.1) is 16.6 Å². The third-order valence-electron chi connectivity index (χ3n) is 4.69. The molecule has 0 aliphatic heterocycles. The van der Waals surface area contributed by atoms with Crippen LogP contribution in [0.4, 0.5) is 0 Å². The summed E-state index contributed by atoms with van der Waals surface area (Å²) in [6.45, 7) is 8.47. The Labute approximate surface area is 196 Å². The Morgan fingerprint density at radius 1 is 1.16 bits per heavy atom. The van der Waals surface area contributed by atoms with Crippen molar-refractivity contribution in [3.8, 4) is 0 Å². The molecule has 0 saturated heterocycles. The van der Waals surface area contributed by atoms with Crippen molar-refractivity contribution in [3.05, 3.63) is 88.2 Å². The third-order valence-corrected chi connectivity index (χ3v) is 6.31. The van der Waals surface area contributed by atoms with E-state index in [1.54, 1.807) is 42.1 Å². The SMILES string of the molecule is C=CCn1c(SCc2ccc(Cl)cc2)nnc1[C@@H](NC(=O)c1ccccc1Cl)C(C)C. The summed E-state index contributed by atoms with van der Waals surface area (Å²) < 4.78 is 1.99. The number of allylic oxidation sites excluding steroid dienone is 1. The van der Waals surface area contributed by atoms with Crippen molar-refractivity contribution in [2.24, 2.45) is 5.92 Å². The molecular formula is C23H24Cl2N4OS. The maximum Gasteiger partial charge on any atom is 0.253 e. The Balaban J connectivity index is 1.84. The van der Waals surface area contributed by atoms with E-state index < -0.39 is 0 Å². The number of aromatic nitrogens is 3. The lowest BCUT2D eigenvalue weighted by atomic mass is 10.0. The van der Waals surface area contributed by atoms with Crippen LogP contribution in [0, 0.1) is 5.92 Å². The predicted octanol–water partition coefficient (Wildman–Crippen LogP) is 6.19. The van der Waals surface area contributed by atoms with Gasteiger partial charge in [0.1, 0.15) is 0 Å². The minimum Gasteiger partial charge on any atom is -0.342 e. The fourth-order valence-corrected chi connectivity index (χ4v) is 4.32. The van der Waals surface area contributed by atoms with Crippen LogP contribution in [0.25, 0.3) is 0 Å². The summed E-state index contributed by atoms with van der Waals surface area (Å²) in [5.74, 6) is 1.26. The first-order chi connectivity index (χ1) is 14.9. The molecule has 1 atom stereocenters. The summed E-state index contributed by atoms with van der Waals surface area (Å²) in [6, 6.07) is 14.4. The van der Waals surface area contributed by atoms with Crippen molar-refractivity contribution in [1.82, 2.24) is 20.1 Å². The molecule has 0 spiro atoms. The molecule has 2 aromatic carbocycles. The number of hydrogen-bond donors (Lipinski definition) is 1. The molecule has 0 bridgehead atoms. The van der Waals surface area contributed by atoms with Crippen LogP contribution in [0.15, 0.2) is 66.3 Å². The lowest BCUT2D eigenvalue weighted by Gasteiger charge is -2.23. The number of halogens is 2. The lowest BCUT2D eigenvalue weighted by molar-refractivity contribution is 0.0922. The maximum atomic E-state index is 12.9. The molecule has 5 nitrogen and oxygen atoms in total. The maximum absolute atomic E-state index is 12.9. The topological polar surface area (TPSA) is 59.8 Å². The molecule has 31 heavy (non-hydrogen) atoms. The van der Waals surface area contributed by atoms with Gasteiger partial charge in [0.25, 0.3) is 5.91 Å². The highest BCUT2D eigenvalue weighted by molar-refractivity contribution is 7.98. The molecule has 1 heterocycles. The van der Waals surface area contributed by atoms with E-state index >= 15 is 0 Å². The highest BCUT2D eigenvalue weighted by Crippen LogP contribution is 2.28. The van der Waals surface area contributed by atoms with Gasteiger partial charge in [0.2, 0.25) is 0 Å². The number of amides is 1. The molecule has 0 fully saturated rings. The quantitative estimate of drug-likeness (QED) is 0.296. The van der Waals surface area contributed by atoms with Crippen LogP contribution in [0.3, 0.4) is 0 Å². The number of hydrogen-bond acceptors (Lipinski definition) is 4. The number of carbonyl (C=O) groups excluding carboxylic acids is 1. The second-order valence-electron chi connectivity index (χ2n) is 7.33. The van der Waals surface area contributed by atoms with Gasteiger partial charge in [-0.25, -0.2) is 0 Å². The fraction of sp³-hybridized carbons (Fsp3) is 0.261. The van der Waals surface area contributed by atoms with E-state index in [4.69, 9.17) is 23.2 Å². The van der Waals surface area contributed by atoms with Crippen molar-refractivity contribution in [3.63, 3.8) is 0 Å². The standard InChI is InChI=1S/C23H24Cl2N4OS/c1-4-13-29-21(27-28-23(29)31-14-16-9-11-17(24)12-10-16)20(15(2)3)26-22(30)18-7-5-6-8-19(18)25/h4-12,15,20H,1,13-14H2,2-3H3,(H,26,30)/t20-/m0/s1. The van der Waals surface area contributed by atoms with Crippen LogP contribution < -0.4 is 5.32 Å². The molecule has 0 saturated carbocycles. The molecule has 1 amide bonds. The first kappa shape index (κ1) is 23.4. The van der Waals surface area contributed by atoms with E-state index in [0.29, 0.717) is 28.0 Å². The summed E-state index contributed by atoms with van der Waals surface area (Å²) >= 11 is 13.8.